The monoisotopic (exact) mass is 452 g/mol. The van der Waals surface area contributed by atoms with E-state index >= 15 is 0 Å². The lowest BCUT2D eigenvalue weighted by atomic mass is 9.69. The third kappa shape index (κ3) is 6.42. The second kappa shape index (κ2) is 12.5. The van der Waals surface area contributed by atoms with Gasteiger partial charge in [0.1, 0.15) is 0 Å². The van der Waals surface area contributed by atoms with Crippen LogP contribution in [0.4, 0.5) is 0 Å². The molecule has 0 spiro atoms. The largest absolute Gasteiger partial charge is 0.465 e. The van der Waals surface area contributed by atoms with Gasteiger partial charge in [-0.05, 0) is 67.1 Å². The summed E-state index contributed by atoms with van der Waals surface area (Å²) < 4.78 is 4.88. The standard InChI is InChI=1S/C27H36N2O4/c1-20(2)27(19-28,24-11-10-22(17-30)23(16-24)18-31)13-7-14-29(3)15-12-21-8-5-6-9-25(21)26(32)33-4/h5-6,8-11,16,20,30-31H,7,12-15,17-18H2,1-4H3. The van der Waals surface area contributed by atoms with E-state index in [0.29, 0.717) is 23.1 Å². The van der Waals surface area contributed by atoms with Crippen LogP contribution in [-0.4, -0.2) is 48.3 Å². The van der Waals surface area contributed by atoms with Crippen molar-refractivity contribution in [2.75, 3.05) is 27.2 Å². The number of nitrogens with zero attached hydrogens (tertiary/aromatic N) is 2. The fraction of sp³-hybridized carbons (Fsp3) is 0.481. The van der Waals surface area contributed by atoms with Gasteiger partial charge in [0.2, 0.25) is 0 Å². The molecule has 0 fully saturated rings. The van der Waals surface area contributed by atoms with Crippen molar-refractivity contribution in [2.45, 2.75) is 51.7 Å². The number of methoxy groups -OCH3 is 1. The van der Waals surface area contributed by atoms with E-state index in [-0.39, 0.29) is 25.1 Å². The summed E-state index contributed by atoms with van der Waals surface area (Å²) in [5, 5.41) is 29.4. The van der Waals surface area contributed by atoms with E-state index in [0.717, 1.165) is 37.1 Å². The summed E-state index contributed by atoms with van der Waals surface area (Å²) in [6, 6.07) is 15.6. The van der Waals surface area contributed by atoms with Crippen LogP contribution >= 0.6 is 0 Å². The van der Waals surface area contributed by atoms with Gasteiger partial charge in [-0.3, -0.25) is 0 Å². The van der Waals surface area contributed by atoms with Crippen LogP contribution in [0.25, 0.3) is 0 Å². The summed E-state index contributed by atoms with van der Waals surface area (Å²) in [6.45, 7) is 5.40. The Morgan fingerprint density at radius 3 is 2.39 bits per heavy atom. The van der Waals surface area contributed by atoms with Crippen molar-refractivity contribution in [3.05, 3.63) is 70.3 Å². The lowest BCUT2D eigenvalue weighted by Gasteiger charge is -2.33. The number of nitriles is 1. The Labute approximate surface area is 197 Å². The van der Waals surface area contributed by atoms with Crippen LogP contribution in [0.5, 0.6) is 0 Å². The molecule has 0 aliphatic rings. The zero-order chi connectivity index (χ0) is 24.4. The van der Waals surface area contributed by atoms with E-state index in [4.69, 9.17) is 4.74 Å². The van der Waals surface area contributed by atoms with E-state index < -0.39 is 5.41 Å². The van der Waals surface area contributed by atoms with Gasteiger partial charge in [0.15, 0.2) is 0 Å². The Hall–Kier alpha value is -2.72. The van der Waals surface area contributed by atoms with Crippen LogP contribution < -0.4 is 0 Å². The summed E-state index contributed by atoms with van der Waals surface area (Å²) in [5.74, 6) is -0.232. The molecule has 1 unspecified atom stereocenters. The maximum Gasteiger partial charge on any atom is 0.338 e. The second-order valence-electron chi connectivity index (χ2n) is 8.84. The molecule has 0 bridgehead atoms. The Bertz CT molecular complexity index is 967. The molecule has 0 aromatic heterocycles. The number of benzene rings is 2. The number of rotatable bonds is 12. The number of carbonyl (C=O) groups is 1. The molecule has 33 heavy (non-hydrogen) atoms. The first kappa shape index (κ1) is 26.5. The SMILES string of the molecule is COC(=O)c1ccccc1CCN(C)CCCC(C#N)(c1ccc(CO)c(CO)c1)C(C)C. The highest BCUT2D eigenvalue weighted by Gasteiger charge is 2.36. The zero-order valence-corrected chi connectivity index (χ0v) is 20.2. The topological polar surface area (TPSA) is 93.8 Å². The maximum atomic E-state index is 12.0. The van der Waals surface area contributed by atoms with Gasteiger partial charge in [-0.15, -0.1) is 0 Å². The lowest BCUT2D eigenvalue weighted by Crippen LogP contribution is -2.33. The van der Waals surface area contributed by atoms with Crippen LogP contribution in [0.1, 0.15) is 59.3 Å². The van der Waals surface area contributed by atoms with Crippen LogP contribution in [0.15, 0.2) is 42.5 Å². The van der Waals surface area contributed by atoms with E-state index in [1.54, 1.807) is 12.1 Å². The van der Waals surface area contributed by atoms with Gasteiger partial charge in [0, 0.05) is 6.54 Å². The predicted molar refractivity (Wildman–Crippen MR) is 129 cm³/mol. The lowest BCUT2D eigenvalue weighted by molar-refractivity contribution is 0.0599. The summed E-state index contributed by atoms with van der Waals surface area (Å²) in [6.07, 6.45) is 2.25. The molecule has 0 aliphatic heterocycles. The molecule has 0 saturated heterocycles. The molecule has 2 rings (SSSR count). The molecule has 2 N–H and O–H groups in total. The Balaban J connectivity index is 2.05. The molecular formula is C27H36N2O4. The zero-order valence-electron chi connectivity index (χ0n) is 20.2. The van der Waals surface area contributed by atoms with Crippen LogP contribution in [0.2, 0.25) is 0 Å². The number of likely N-dealkylation sites (N-methyl/N-ethyl adjacent to an activating group) is 1. The molecule has 2 aromatic carbocycles. The highest BCUT2D eigenvalue weighted by atomic mass is 16.5. The van der Waals surface area contributed by atoms with Gasteiger partial charge < -0.3 is 19.8 Å². The summed E-state index contributed by atoms with van der Waals surface area (Å²) in [5.41, 5.74) is 3.13. The average Bonchev–Trinajstić information content (AvgIpc) is 2.84. The minimum atomic E-state index is -0.670. The fourth-order valence-electron chi connectivity index (χ4n) is 4.32. The minimum absolute atomic E-state index is 0.0891. The van der Waals surface area contributed by atoms with Crippen LogP contribution in [0.3, 0.4) is 0 Å². The van der Waals surface area contributed by atoms with E-state index in [9.17, 15) is 20.3 Å². The highest BCUT2D eigenvalue weighted by Crippen LogP contribution is 2.37. The molecule has 0 aliphatic carbocycles. The normalized spacial score (nSPS) is 13.1. The number of esters is 1. The van der Waals surface area contributed by atoms with Gasteiger partial charge >= 0.3 is 5.97 Å². The Morgan fingerprint density at radius 2 is 1.79 bits per heavy atom. The minimum Gasteiger partial charge on any atom is -0.465 e. The first-order chi connectivity index (χ1) is 15.8. The third-order valence-electron chi connectivity index (χ3n) is 6.54. The number of ether oxygens (including phenoxy) is 1. The first-order valence-electron chi connectivity index (χ1n) is 11.4. The van der Waals surface area contributed by atoms with Crippen molar-refractivity contribution < 1.29 is 19.7 Å². The van der Waals surface area contributed by atoms with Gasteiger partial charge in [-0.2, -0.15) is 5.26 Å². The van der Waals surface area contributed by atoms with Crippen molar-refractivity contribution in [2.24, 2.45) is 5.92 Å². The van der Waals surface area contributed by atoms with E-state index in [1.165, 1.54) is 7.11 Å². The molecule has 0 heterocycles. The van der Waals surface area contributed by atoms with Crippen molar-refractivity contribution in [3.8, 4) is 6.07 Å². The molecule has 0 amide bonds. The number of aliphatic hydroxyl groups is 2. The van der Waals surface area contributed by atoms with Crippen molar-refractivity contribution in [3.63, 3.8) is 0 Å². The van der Waals surface area contributed by atoms with Gasteiger partial charge in [-0.1, -0.05) is 50.2 Å². The Morgan fingerprint density at radius 1 is 1.09 bits per heavy atom. The number of hydrogen-bond acceptors (Lipinski definition) is 6. The predicted octanol–water partition coefficient (Wildman–Crippen LogP) is 3.83. The third-order valence-corrected chi connectivity index (χ3v) is 6.54. The molecule has 1 atom stereocenters. The molecular weight excluding hydrogens is 416 g/mol. The average molecular weight is 453 g/mol. The molecule has 2 aromatic rings. The van der Waals surface area contributed by atoms with Gasteiger partial charge in [0.25, 0.3) is 0 Å². The van der Waals surface area contributed by atoms with E-state index in [1.807, 2.05) is 37.4 Å². The van der Waals surface area contributed by atoms with Gasteiger partial charge in [0.05, 0.1) is 37.4 Å². The second-order valence-corrected chi connectivity index (χ2v) is 8.84. The van der Waals surface area contributed by atoms with Crippen LogP contribution in [-0.2, 0) is 29.8 Å². The number of aliphatic hydroxyl groups excluding tert-OH is 2. The summed E-state index contributed by atoms with van der Waals surface area (Å²) >= 11 is 0. The molecule has 0 radical (unpaired) electrons. The highest BCUT2D eigenvalue weighted by molar-refractivity contribution is 5.90. The quantitative estimate of drug-likeness (QED) is 0.476. The van der Waals surface area contributed by atoms with Crippen molar-refractivity contribution >= 4 is 5.97 Å². The summed E-state index contributed by atoms with van der Waals surface area (Å²) in [7, 11) is 3.44. The summed E-state index contributed by atoms with van der Waals surface area (Å²) in [4.78, 5) is 14.2. The maximum absolute atomic E-state index is 12.0. The number of carbonyl (C=O) groups excluding carboxylic acids is 1. The van der Waals surface area contributed by atoms with Gasteiger partial charge in [-0.25, -0.2) is 4.79 Å². The number of hydrogen-bond donors (Lipinski definition) is 2. The molecule has 178 valence electrons. The molecule has 6 nitrogen and oxygen atoms in total. The van der Waals surface area contributed by atoms with Crippen molar-refractivity contribution in [1.29, 1.82) is 5.26 Å². The van der Waals surface area contributed by atoms with Crippen LogP contribution in [0, 0.1) is 17.2 Å². The van der Waals surface area contributed by atoms with Crippen molar-refractivity contribution in [1.82, 2.24) is 4.90 Å². The van der Waals surface area contributed by atoms with E-state index in [2.05, 4.69) is 24.8 Å². The smallest absolute Gasteiger partial charge is 0.338 e. The Kier molecular flexibility index (Phi) is 10.1. The first-order valence-corrected chi connectivity index (χ1v) is 11.4. The molecule has 0 saturated carbocycles. The molecule has 6 heteroatoms. The fourth-order valence-corrected chi connectivity index (χ4v) is 4.32.